The summed E-state index contributed by atoms with van der Waals surface area (Å²) in [5.74, 6) is 0.105. The van der Waals surface area contributed by atoms with E-state index >= 15 is 0 Å². The Morgan fingerprint density at radius 3 is 2.67 bits per heavy atom. The summed E-state index contributed by atoms with van der Waals surface area (Å²) in [6.07, 6.45) is 5.70. The molecule has 0 saturated heterocycles. The molecule has 0 aliphatic heterocycles. The monoisotopic (exact) mass is 401 g/mol. The highest BCUT2D eigenvalue weighted by Crippen LogP contribution is 2.22. The summed E-state index contributed by atoms with van der Waals surface area (Å²) in [5.41, 5.74) is 3.04. The largest absolute Gasteiger partial charge is 0.496 e. The van der Waals surface area contributed by atoms with E-state index in [1.54, 1.807) is 68.0 Å². The molecule has 2 aromatic carbocycles. The summed E-state index contributed by atoms with van der Waals surface area (Å²) < 4.78 is 5.33. The van der Waals surface area contributed by atoms with Gasteiger partial charge in [-0.25, -0.2) is 0 Å². The summed E-state index contributed by atoms with van der Waals surface area (Å²) in [6, 6.07) is 15.8. The van der Waals surface area contributed by atoms with E-state index in [-0.39, 0.29) is 11.8 Å². The molecule has 6 heteroatoms. The van der Waals surface area contributed by atoms with Crippen LogP contribution in [0.2, 0.25) is 0 Å². The molecule has 0 aliphatic carbocycles. The van der Waals surface area contributed by atoms with Crippen LogP contribution < -0.4 is 15.4 Å². The predicted molar refractivity (Wildman–Crippen MR) is 117 cm³/mol. The normalized spacial score (nSPS) is 10.2. The van der Waals surface area contributed by atoms with Gasteiger partial charge in [-0.15, -0.1) is 6.58 Å². The fourth-order valence-electron chi connectivity index (χ4n) is 3.00. The van der Waals surface area contributed by atoms with Crippen LogP contribution >= 0.6 is 0 Å². The van der Waals surface area contributed by atoms with Crippen LogP contribution in [0.3, 0.4) is 0 Å². The third-order valence-corrected chi connectivity index (χ3v) is 4.50. The second-order valence-corrected chi connectivity index (χ2v) is 6.56. The number of anilines is 1. The van der Waals surface area contributed by atoms with E-state index in [4.69, 9.17) is 4.74 Å². The summed E-state index contributed by atoms with van der Waals surface area (Å²) in [7, 11) is 1.59. The van der Waals surface area contributed by atoms with E-state index in [0.717, 1.165) is 11.1 Å². The first-order chi connectivity index (χ1) is 14.6. The number of amides is 2. The second kappa shape index (κ2) is 10.0. The lowest BCUT2D eigenvalue weighted by Crippen LogP contribution is -2.25. The first-order valence-corrected chi connectivity index (χ1v) is 9.47. The van der Waals surface area contributed by atoms with Gasteiger partial charge in [0.15, 0.2) is 0 Å². The van der Waals surface area contributed by atoms with Crippen molar-refractivity contribution in [2.75, 3.05) is 12.4 Å². The number of methoxy groups -OCH3 is 1. The van der Waals surface area contributed by atoms with Gasteiger partial charge in [0.1, 0.15) is 5.75 Å². The molecule has 30 heavy (non-hydrogen) atoms. The van der Waals surface area contributed by atoms with E-state index in [1.807, 2.05) is 12.1 Å². The molecule has 3 aromatic rings. The Kier molecular flexibility index (Phi) is 6.95. The van der Waals surface area contributed by atoms with Crippen molar-refractivity contribution < 1.29 is 14.3 Å². The highest BCUT2D eigenvalue weighted by Gasteiger charge is 2.15. The smallest absolute Gasteiger partial charge is 0.255 e. The minimum Gasteiger partial charge on any atom is -0.496 e. The Labute approximate surface area is 175 Å². The number of nitrogens with zero attached hydrogens (tertiary/aromatic N) is 1. The zero-order chi connectivity index (χ0) is 21.3. The molecule has 0 radical (unpaired) electrons. The van der Waals surface area contributed by atoms with E-state index < -0.39 is 0 Å². The van der Waals surface area contributed by atoms with Gasteiger partial charge in [-0.2, -0.15) is 0 Å². The van der Waals surface area contributed by atoms with Crippen molar-refractivity contribution in [1.82, 2.24) is 10.3 Å². The van der Waals surface area contributed by atoms with E-state index in [9.17, 15) is 9.59 Å². The lowest BCUT2D eigenvalue weighted by Gasteiger charge is -2.13. The van der Waals surface area contributed by atoms with Crippen LogP contribution in [0.1, 0.15) is 31.8 Å². The number of nitrogens with one attached hydrogen (secondary N) is 2. The van der Waals surface area contributed by atoms with Gasteiger partial charge in [-0.05, 0) is 53.9 Å². The van der Waals surface area contributed by atoms with Crippen molar-refractivity contribution in [3.8, 4) is 5.75 Å². The molecule has 0 atom stereocenters. The molecule has 0 unspecified atom stereocenters. The maximum Gasteiger partial charge on any atom is 0.255 e. The molecular formula is C24H23N3O3. The Bertz CT molecular complexity index is 1050. The molecule has 1 heterocycles. The van der Waals surface area contributed by atoms with Gasteiger partial charge < -0.3 is 15.4 Å². The average molecular weight is 401 g/mol. The summed E-state index contributed by atoms with van der Waals surface area (Å²) >= 11 is 0. The molecular weight excluding hydrogens is 378 g/mol. The van der Waals surface area contributed by atoms with Crippen molar-refractivity contribution >= 4 is 17.5 Å². The van der Waals surface area contributed by atoms with Gasteiger partial charge >= 0.3 is 0 Å². The minimum absolute atomic E-state index is 0.281. The molecule has 0 fully saturated rings. The molecule has 2 amide bonds. The lowest BCUT2D eigenvalue weighted by molar-refractivity contribution is 0.0951. The van der Waals surface area contributed by atoms with Crippen LogP contribution in [0.15, 0.2) is 79.6 Å². The first-order valence-electron chi connectivity index (χ1n) is 9.47. The SMILES string of the molecule is C=CCc1cc(C(=O)Nc2ccccc2C(=O)NCc2cccnc2)ccc1OC. The number of hydrogen-bond acceptors (Lipinski definition) is 4. The van der Waals surface area contributed by atoms with Crippen LogP contribution in [0, 0.1) is 0 Å². The van der Waals surface area contributed by atoms with Crippen LogP contribution in [-0.2, 0) is 13.0 Å². The molecule has 6 nitrogen and oxygen atoms in total. The summed E-state index contributed by atoms with van der Waals surface area (Å²) in [5, 5.41) is 5.69. The fourth-order valence-corrected chi connectivity index (χ4v) is 3.00. The van der Waals surface area contributed by atoms with Gasteiger partial charge in [0.2, 0.25) is 0 Å². The zero-order valence-corrected chi connectivity index (χ0v) is 16.7. The Morgan fingerprint density at radius 1 is 1.10 bits per heavy atom. The zero-order valence-electron chi connectivity index (χ0n) is 16.7. The molecule has 152 valence electrons. The third kappa shape index (κ3) is 5.11. The number of aromatic nitrogens is 1. The first kappa shape index (κ1) is 20.8. The van der Waals surface area contributed by atoms with Crippen molar-refractivity contribution in [1.29, 1.82) is 0 Å². The van der Waals surface area contributed by atoms with E-state index in [1.165, 1.54) is 0 Å². The molecule has 3 rings (SSSR count). The number of ether oxygens (including phenoxy) is 1. The van der Waals surface area contributed by atoms with Crippen LogP contribution in [0.4, 0.5) is 5.69 Å². The molecule has 0 aliphatic rings. The fraction of sp³-hybridized carbons (Fsp3) is 0.125. The highest BCUT2D eigenvalue weighted by molar-refractivity contribution is 6.09. The number of carbonyl (C=O) groups is 2. The molecule has 1 aromatic heterocycles. The Balaban J connectivity index is 1.75. The number of benzene rings is 2. The predicted octanol–water partition coefficient (Wildman–Crippen LogP) is 4.00. The number of hydrogen-bond donors (Lipinski definition) is 2. The van der Waals surface area contributed by atoms with Gasteiger partial charge in [-0.1, -0.05) is 24.3 Å². The van der Waals surface area contributed by atoms with Gasteiger partial charge in [0.25, 0.3) is 11.8 Å². The maximum atomic E-state index is 12.8. The standard InChI is InChI=1S/C24H23N3O3/c1-3-7-18-14-19(11-12-22(18)30-2)23(28)27-21-10-5-4-9-20(21)24(29)26-16-17-8-6-13-25-15-17/h3-6,8-15H,1,7,16H2,2H3,(H,26,29)(H,27,28). The van der Waals surface area contributed by atoms with Crippen LogP contribution in [0.25, 0.3) is 0 Å². The van der Waals surface area contributed by atoms with Crippen molar-refractivity contribution in [2.45, 2.75) is 13.0 Å². The number of rotatable bonds is 8. The molecule has 0 spiro atoms. The number of allylic oxidation sites excluding steroid dienone is 1. The van der Waals surface area contributed by atoms with Crippen molar-refractivity contribution in [3.63, 3.8) is 0 Å². The lowest BCUT2D eigenvalue weighted by atomic mass is 10.1. The number of para-hydroxylation sites is 1. The summed E-state index contributed by atoms with van der Waals surface area (Å²) in [4.78, 5) is 29.5. The third-order valence-electron chi connectivity index (χ3n) is 4.50. The topological polar surface area (TPSA) is 80.3 Å². The molecule has 0 bridgehead atoms. The number of carbonyl (C=O) groups excluding carboxylic acids is 2. The van der Waals surface area contributed by atoms with Gasteiger partial charge in [0, 0.05) is 24.5 Å². The van der Waals surface area contributed by atoms with Gasteiger partial charge in [0.05, 0.1) is 18.4 Å². The molecule has 0 saturated carbocycles. The average Bonchev–Trinajstić information content (AvgIpc) is 2.78. The van der Waals surface area contributed by atoms with E-state index in [2.05, 4.69) is 22.2 Å². The van der Waals surface area contributed by atoms with Gasteiger partial charge in [-0.3, -0.25) is 14.6 Å². The van der Waals surface area contributed by atoms with Crippen molar-refractivity contribution in [3.05, 3.63) is 102 Å². The second-order valence-electron chi connectivity index (χ2n) is 6.56. The Hall–Kier alpha value is -3.93. The minimum atomic E-state index is -0.310. The quantitative estimate of drug-likeness (QED) is 0.559. The summed E-state index contributed by atoms with van der Waals surface area (Å²) in [6.45, 7) is 4.09. The molecule has 2 N–H and O–H groups in total. The highest BCUT2D eigenvalue weighted by atomic mass is 16.5. The number of pyridine rings is 1. The maximum absolute atomic E-state index is 12.8. The van der Waals surface area contributed by atoms with E-state index in [0.29, 0.717) is 35.5 Å². The Morgan fingerprint density at radius 2 is 1.93 bits per heavy atom. The van der Waals surface area contributed by atoms with Crippen LogP contribution in [0.5, 0.6) is 5.75 Å². The van der Waals surface area contributed by atoms with Crippen LogP contribution in [-0.4, -0.2) is 23.9 Å². The van der Waals surface area contributed by atoms with Crippen molar-refractivity contribution in [2.24, 2.45) is 0 Å².